The molecule has 1 atom stereocenters. The van der Waals surface area contributed by atoms with Gasteiger partial charge in [-0.2, -0.15) is 5.26 Å². The lowest BCUT2D eigenvalue weighted by molar-refractivity contribution is -0.116. The molecule has 2 aromatic rings. The zero-order valence-electron chi connectivity index (χ0n) is 17.3. The van der Waals surface area contributed by atoms with Crippen molar-refractivity contribution in [3.05, 3.63) is 86.1 Å². The first-order valence-corrected chi connectivity index (χ1v) is 10.8. The molecule has 0 aromatic heterocycles. The molecule has 2 N–H and O–H groups in total. The minimum Gasteiger partial charge on any atom is -0.486 e. The van der Waals surface area contributed by atoms with Gasteiger partial charge in [0.25, 0.3) is 0 Å². The molecule has 4 rings (SSSR count). The summed E-state index contributed by atoms with van der Waals surface area (Å²) in [4.78, 5) is 14.6. The number of carbonyl (C=O) groups excluding carboxylic acids is 1. The van der Waals surface area contributed by atoms with Gasteiger partial charge in [0.2, 0.25) is 0 Å². The number of halogens is 3. The van der Waals surface area contributed by atoms with Gasteiger partial charge in [0.05, 0.1) is 27.6 Å². The van der Waals surface area contributed by atoms with Crippen LogP contribution in [0.15, 0.2) is 59.1 Å². The van der Waals surface area contributed by atoms with Crippen LogP contribution in [0.5, 0.6) is 5.75 Å². The molecule has 0 bridgehead atoms. The van der Waals surface area contributed by atoms with Gasteiger partial charge in [-0.25, -0.2) is 4.39 Å². The summed E-state index contributed by atoms with van der Waals surface area (Å²) in [5, 5.41) is 10.3. The fourth-order valence-electron chi connectivity index (χ4n) is 4.26. The first kappa shape index (κ1) is 22.2. The zero-order chi connectivity index (χ0) is 23.0. The van der Waals surface area contributed by atoms with E-state index in [0.717, 1.165) is 12.1 Å². The zero-order valence-corrected chi connectivity index (χ0v) is 18.8. The Morgan fingerprint density at radius 3 is 2.62 bits per heavy atom. The molecule has 0 spiro atoms. The second kappa shape index (κ2) is 8.85. The highest BCUT2D eigenvalue weighted by Gasteiger charge is 2.39. The molecular formula is C24H20Cl2FN3O2. The van der Waals surface area contributed by atoms with Crippen LogP contribution in [0.3, 0.4) is 0 Å². The molecule has 1 aliphatic heterocycles. The summed E-state index contributed by atoms with van der Waals surface area (Å²) in [6.07, 6.45) is 1.85. The number of Topliss-reactive ketones (excluding diaryl/α,β-unsaturated/α-hetero) is 1. The van der Waals surface area contributed by atoms with E-state index in [2.05, 4.69) is 6.07 Å². The van der Waals surface area contributed by atoms with Crippen molar-refractivity contribution >= 4 is 29.0 Å². The van der Waals surface area contributed by atoms with Gasteiger partial charge in [0.1, 0.15) is 18.2 Å². The molecule has 0 saturated heterocycles. The van der Waals surface area contributed by atoms with Gasteiger partial charge in [0, 0.05) is 24.7 Å². The average Bonchev–Trinajstić information content (AvgIpc) is 2.75. The summed E-state index contributed by atoms with van der Waals surface area (Å²) in [7, 11) is 1.76. The maximum Gasteiger partial charge on any atom is 0.161 e. The molecular weight excluding hydrogens is 452 g/mol. The van der Waals surface area contributed by atoms with Crippen LogP contribution in [0.4, 0.5) is 4.39 Å². The third kappa shape index (κ3) is 3.94. The molecule has 164 valence electrons. The highest BCUT2D eigenvalue weighted by atomic mass is 35.5. The molecule has 1 heterocycles. The second-order valence-electron chi connectivity index (χ2n) is 7.77. The molecule has 5 nitrogen and oxygen atoms in total. The van der Waals surface area contributed by atoms with Crippen LogP contribution in [0.1, 0.15) is 36.3 Å². The third-order valence-corrected chi connectivity index (χ3v) is 6.36. The molecule has 0 radical (unpaired) electrons. The van der Waals surface area contributed by atoms with Crippen LogP contribution in [-0.2, 0) is 11.4 Å². The number of rotatable bonds is 4. The smallest absolute Gasteiger partial charge is 0.161 e. The number of benzene rings is 2. The number of ketones is 1. The van der Waals surface area contributed by atoms with E-state index in [-0.39, 0.29) is 39.6 Å². The van der Waals surface area contributed by atoms with E-state index in [9.17, 15) is 14.4 Å². The molecule has 2 aromatic carbocycles. The molecule has 1 aliphatic carbocycles. The summed E-state index contributed by atoms with van der Waals surface area (Å²) in [5.41, 5.74) is 9.14. The minimum absolute atomic E-state index is 0.0120. The number of nitrogens with two attached hydrogens (primary N) is 1. The molecule has 8 heteroatoms. The maximum atomic E-state index is 13.4. The van der Waals surface area contributed by atoms with Gasteiger partial charge < -0.3 is 15.4 Å². The van der Waals surface area contributed by atoms with Crippen molar-refractivity contribution in [3.8, 4) is 11.8 Å². The Labute approximate surface area is 195 Å². The Kier molecular flexibility index (Phi) is 6.14. The summed E-state index contributed by atoms with van der Waals surface area (Å²) < 4.78 is 19.2. The SMILES string of the molecule is CN1C(N)=C(C#N)[C@@H](c2cc(Cl)c(OCc3cccc(F)c3)c(Cl)c2)C2=C1CCCC2=O. The monoisotopic (exact) mass is 471 g/mol. The lowest BCUT2D eigenvalue weighted by atomic mass is 9.76. The topological polar surface area (TPSA) is 79.3 Å². The Morgan fingerprint density at radius 1 is 1.25 bits per heavy atom. The van der Waals surface area contributed by atoms with Crippen LogP contribution in [0, 0.1) is 17.1 Å². The number of nitriles is 1. The highest BCUT2D eigenvalue weighted by Crippen LogP contribution is 2.46. The minimum atomic E-state index is -0.647. The fourth-order valence-corrected chi connectivity index (χ4v) is 4.88. The summed E-state index contributed by atoms with van der Waals surface area (Å²) in [6.45, 7) is 0.0782. The van der Waals surface area contributed by atoms with E-state index in [1.807, 2.05) is 0 Å². The van der Waals surface area contributed by atoms with Crippen molar-refractivity contribution in [2.45, 2.75) is 31.8 Å². The molecule has 0 unspecified atom stereocenters. The van der Waals surface area contributed by atoms with Crippen molar-refractivity contribution in [2.75, 3.05) is 7.05 Å². The molecule has 0 fully saturated rings. The van der Waals surface area contributed by atoms with Crippen LogP contribution in [-0.4, -0.2) is 17.7 Å². The first-order chi connectivity index (χ1) is 15.3. The maximum absolute atomic E-state index is 13.4. The van der Waals surface area contributed by atoms with Gasteiger partial charge >= 0.3 is 0 Å². The summed E-state index contributed by atoms with van der Waals surface area (Å²) in [5.74, 6) is -0.470. The Hall–Kier alpha value is -3.01. The lowest BCUT2D eigenvalue weighted by Gasteiger charge is -2.37. The largest absolute Gasteiger partial charge is 0.486 e. The van der Waals surface area contributed by atoms with Gasteiger partial charge in [0.15, 0.2) is 11.5 Å². The fraction of sp³-hybridized carbons (Fsp3) is 0.250. The van der Waals surface area contributed by atoms with E-state index in [0.29, 0.717) is 35.4 Å². The van der Waals surface area contributed by atoms with E-state index in [1.165, 1.54) is 12.1 Å². The van der Waals surface area contributed by atoms with E-state index in [1.54, 1.807) is 36.2 Å². The van der Waals surface area contributed by atoms with Crippen molar-refractivity contribution in [2.24, 2.45) is 5.73 Å². The van der Waals surface area contributed by atoms with Gasteiger partial charge in [-0.3, -0.25) is 4.79 Å². The quantitative estimate of drug-likeness (QED) is 0.641. The predicted molar refractivity (Wildman–Crippen MR) is 120 cm³/mol. The number of nitrogens with zero attached hydrogens (tertiary/aromatic N) is 2. The highest BCUT2D eigenvalue weighted by molar-refractivity contribution is 6.37. The Bertz CT molecular complexity index is 1190. The first-order valence-electron chi connectivity index (χ1n) is 10.1. The van der Waals surface area contributed by atoms with E-state index >= 15 is 0 Å². The summed E-state index contributed by atoms with van der Waals surface area (Å²) >= 11 is 13.0. The Morgan fingerprint density at radius 2 is 1.97 bits per heavy atom. The van der Waals surface area contributed by atoms with Crippen molar-refractivity contribution in [3.63, 3.8) is 0 Å². The standard InChI is InChI=1S/C24H20Cl2FN3O2/c1-30-19-6-3-7-20(31)22(19)21(16(11-28)24(30)29)14-9-17(25)23(18(26)10-14)32-12-13-4-2-5-15(27)8-13/h2,4-5,8-10,21H,3,6-7,12,29H2,1H3/t21-/m1/s1. The number of hydrogen-bond donors (Lipinski definition) is 1. The molecule has 0 saturated carbocycles. The van der Waals surface area contributed by atoms with Gasteiger partial charge in [-0.1, -0.05) is 35.3 Å². The Balaban J connectivity index is 1.73. The predicted octanol–water partition coefficient (Wildman–Crippen LogP) is 5.44. The number of ether oxygens (including phenoxy) is 1. The average molecular weight is 472 g/mol. The summed E-state index contributed by atoms with van der Waals surface area (Å²) in [6, 6.07) is 11.5. The van der Waals surface area contributed by atoms with Crippen LogP contribution < -0.4 is 10.5 Å². The van der Waals surface area contributed by atoms with Crippen LogP contribution >= 0.6 is 23.2 Å². The van der Waals surface area contributed by atoms with Crippen molar-refractivity contribution < 1.29 is 13.9 Å². The van der Waals surface area contributed by atoms with Gasteiger partial charge in [-0.05, 0) is 48.2 Å². The van der Waals surface area contributed by atoms with Crippen molar-refractivity contribution in [1.29, 1.82) is 5.26 Å². The van der Waals surface area contributed by atoms with Crippen molar-refractivity contribution in [1.82, 2.24) is 4.90 Å². The second-order valence-corrected chi connectivity index (χ2v) is 8.59. The van der Waals surface area contributed by atoms with E-state index < -0.39 is 5.92 Å². The molecule has 0 amide bonds. The lowest BCUT2D eigenvalue weighted by Crippen LogP contribution is -2.36. The third-order valence-electron chi connectivity index (χ3n) is 5.79. The van der Waals surface area contributed by atoms with Gasteiger partial charge in [-0.15, -0.1) is 0 Å². The molecule has 32 heavy (non-hydrogen) atoms. The van der Waals surface area contributed by atoms with Crippen LogP contribution in [0.25, 0.3) is 0 Å². The number of carbonyl (C=O) groups is 1. The number of hydrogen-bond acceptors (Lipinski definition) is 5. The normalized spacial score (nSPS) is 18.5. The van der Waals surface area contributed by atoms with E-state index in [4.69, 9.17) is 33.7 Å². The molecule has 2 aliphatic rings. The number of allylic oxidation sites excluding steroid dienone is 3. The van der Waals surface area contributed by atoms with Crippen LogP contribution in [0.2, 0.25) is 10.0 Å².